The van der Waals surface area contributed by atoms with Crippen molar-refractivity contribution in [2.75, 3.05) is 11.9 Å². The molecule has 2 rings (SSSR count). The molecule has 1 aliphatic heterocycles. The molecule has 0 aromatic heterocycles. The van der Waals surface area contributed by atoms with Crippen LogP contribution in [0.15, 0.2) is 18.2 Å². The first-order valence-electron chi connectivity index (χ1n) is 6.43. The van der Waals surface area contributed by atoms with Gasteiger partial charge in [-0.1, -0.05) is 6.07 Å². The van der Waals surface area contributed by atoms with E-state index in [1.807, 2.05) is 0 Å². The number of benzene rings is 1. The number of hydrogen-bond acceptors (Lipinski definition) is 4. The molecule has 0 spiro atoms. The van der Waals surface area contributed by atoms with Crippen LogP contribution in [-0.4, -0.2) is 22.9 Å². The van der Waals surface area contributed by atoms with Gasteiger partial charge in [-0.2, -0.15) is 0 Å². The highest BCUT2D eigenvalue weighted by atomic mass is 19.1. The Labute approximate surface area is 115 Å². The van der Waals surface area contributed by atoms with Gasteiger partial charge in [0, 0.05) is 6.07 Å². The smallest absolute Gasteiger partial charge is 0.295 e. The van der Waals surface area contributed by atoms with Crippen molar-refractivity contribution in [2.45, 2.75) is 31.7 Å². The molecule has 1 amide bonds. The Balaban J connectivity index is 2.25. The molecule has 1 heterocycles. The SMILES string of the molecule is CC1(C(=O)Nc2c(F)cccc2[N+](=O)[O-])CCCCN1. The van der Waals surface area contributed by atoms with Crippen molar-refractivity contribution in [1.29, 1.82) is 0 Å². The highest BCUT2D eigenvalue weighted by Gasteiger charge is 2.35. The lowest BCUT2D eigenvalue weighted by molar-refractivity contribution is -0.384. The number of nitrogens with one attached hydrogen (secondary N) is 2. The maximum Gasteiger partial charge on any atom is 0.295 e. The Bertz CT molecular complexity index is 542. The third kappa shape index (κ3) is 2.77. The molecule has 1 aromatic rings. The predicted octanol–water partition coefficient (Wildman–Crippen LogP) is 2.20. The number of piperidine rings is 1. The van der Waals surface area contributed by atoms with Crippen LogP contribution >= 0.6 is 0 Å². The maximum absolute atomic E-state index is 13.7. The van der Waals surface area contributed by atoms with E-state index in [0.29, 0.717) is 13.0 Å². The van der Waals surface area contributed by atoms with Crippen LogP contribution in [0.2, 0.25) is 0 Å². The van der Waals surface area contributed by atoms with Gasteiger partial charge in [-0.25, -0.2) is 4.39 Å². The number of nitro benzene ring substituents is 1. The number of amides is 1. The van der Waals surface area contributed by atoms with Crippen LogP contribution in [0.5, 0.6) is 0 Å². The van der Waals surface area contributed by atoms with Crippen LogP contribution in [0.1, 0.15) is 26.2 Å². The summed E-state index contributed by atoms with van der Waals surface area (Å²) in [4.78, 5) is 22.4. The number of anilines is 1. The molecule has 0 radical (unpaired) electrons. The standard InChI is InChI=1S/C13H16FN3O3/c1-13(7-2-3-8-15-13)12(18)16-11-9(14)5-4-6-10(11)17(19)20/h4-6,15H,2-3,7-8H2,1H3,(H,16,18). The van der Waals surface area contributed by atoms with E-state index >= 15 is 0 Å². The Kier molecular flexibility index (Phi) is 3.99. The number of nitrogens with zero attached hydrogens (tertiary/aromatic N) is 1. The normalized spacial score (nSPS) is 22.3. The third-order valence-corrected chi connectivity index (χ3v) is 3.55. The first kappa shape index (κ1) is 14.4. The van der Waals surface area contributed by atoms with Crippen molar-refractivity contribution < 1.29 is 14.1 Å². The van der Waals surface area contributed by atoms with Crippen LogP contribution in [0.25, 0.3) is 0 Å². The fourth-order valence-electron chi connectivity index (χ4n) is 2.29. The van der Waals surface area contributed by atoms with Gasteiger partial charge >= 0.3 is 0 Å². The van der Waals surface area contributed by atoms with E-state index in [2.05, 4.69) is 10.6 Å². The number of hydrogen-bond donors (Lipinski definition) is 2. The quantitative estimate of drug-likeness (QED) is 0.657. The fraction of sp³-hybridized carbons (Fsp3) is 0.462. The topological polar surface area (TPSA) is 84.3 Å². The van der Waals surface area contributed by atoms with Gasteiger partial charge in [0.05, 0.1) is 10.5 Å². The Morgan fingerprint density at radius 2 is 2.25 bits per heavy atom. The number of carbonyl (C=O) groups excluding carboxylic acids is 1. The molecule has 1 aromatic carbocycles. The third-order valence-electron chi connectivity index (χ3n) is 3.55. The monoisotopic (exact) mass is 281 g/mol. The lowest BCUT2D eigenvalue weighted by Gasteiger charge is -2.33. The number of halogens is 1. The first-order chi connectivity index (χ1) is 9.44. The average Bonchev–Trinajstić information content (AvgIpc) is 2.41. The van der Waals surface area contributed by atoms with Crippen LogP contribution in [0.4, 0.5) is 15.8 Å². The second-order valence-electron chi connectivity index (χ2n) is 5.06. The van der Waals surface area contributed by atoms with E-state index in [0.717, 1.165) is 25.0 Å². The summed E-state index contributed by atoms with van der Waals surface area (Å²) in [7, 11) is 0. The molecular formula is C13H16FN3O3. The summed E-state index contributed by atoms with van der Waals surface area (Å²) in [5.74, 6) is -1.27. The van der Waals surface area contributed by atoms with Crippen LogP contribution in [0, 0.1) is 15.9 Å². The zero-order chi connectivity index (χ0) is 14.8. The Morgan fingerprint density at radius 3 is 2.85 bits per heavy atom. The molecule has 1 aliphatic rings. The van der Waals surface area contributed by atoms with Crippen LogP contribution < -0.4 is 10.6 Å². The molecule has 20 heavy (non-hydrogen) atoms. The molecule has 0 saturated carbocycles. The Morgan fingerprint density at radius 1 is 1.50 bits per heavy atom. The molecule has 0 aliphatic carbocycles. The minimum atomic E-state index is -0.825. The largest absolute Gasteiger partial charge is 0.316 e. The van der Waals surface area contributed by atoms with E-state index in [4.69, 9.17) is 0 Å². The zero-order valence-corrected chi connectivity index (χ0v) is 11.1. The summed E-state index contributed by atoms with van der Waals surface area (Å²) in [6, 6.07) is 3.48. The molecule has 1 unspecified atom stereocenters. The maximum atomic E-state index is 13.7. The minimum absolute atomic E-state index is 0.379. The molecule has 1 fully saturated rings. The molecule has 1 atom stereocenters. The van der Waals surface area contributed by atoms with E-state index in [1.54, 1.807) is 6.92 Å². The first-order valence-corrected chi connectivity index (χ1v) is 6.43. The molecule has 6 nitrogen and oxygen atoms in total. The molecule has 108 valence electrons. The van der Waals surface area contributed by atoms with Gasteiger partial charge in [0.2, 0.25) is 5.91 Å². The van der Waals surface area contributed by atoms with Crippen LogP contribution in [-0.2, 0) is 4.79 Å². The van der Waals surface area contributed by atoms with Crippen molar-refractivity contribution in [3.8, 4) is 0 Å². The van der Waals surface area contributed by atoms with Gasteiger partial charge in [-0.3, -0.25) is 14.9 Å². The highest BCUT2D eigenvalue weighted by Crippen LogP contribution is 2.29. The van der Waals surface area contributed by atoms with Crippen molar-refractivity contribution in [2.24, 2.45) is 0 Å². The lowest BCUT2D eigenvalue weighted by atomic mass is 9.90. The summed E-state index contributed by atoms with van der Waals surface area (Å²) in [6.07, 6.45) is 2.47. The van der Waals surface area contributed by atoms with Crippen molar-refractivity contribution in [3.05, 3.63) is 34.1 Å². The average molecular weight is 281 g/mol. The summed E-state index contributed by atoms with van der Waals surface area (Å²) in [6.45, 7) is 2.41. The molecule has 1 saturated heterocycles. The van der Waals surface area contributed by atoms with Gasteiger partial charge in [0.15, 0.2) is 11.5 Å². The molecule has 2 N–H and O–H groups in total. The van der Waals surface area contributed by atoms with Gasteiger partial charge in [0.1, 0.15) is 0 Å². The summed E-state index contributed by atoms with van der Waals surface area (Å²) in [5.41, 5.74) is -1.65. The van der Waals surface area contributed by atoms with Gasteiger partial charge in [0.25, 0.3) is 5.69 Å². The van der Waals surface area contributed by atoms with Gasteiger partial charge in [-0.15, -0.1) is 0 Å². The zero-order valence-electron chi connectivity index (χ0n) is 11.1. The van der Waals surface area contributed by atoms with E-state index in [1.165, 1.54) is 6.07 Å². The number of para-hydroxylation sites is 1. The molecular weight excluding hydrogens is 265 g/mol. The fourth-order valence-corrected chi connectivity index (χ4v) is 2.29. The minimum Gasteiger partial charge on any atom is -0.316 e. The second kappa shape index (κ2) is 5.54. The van der Waals surface area contributed by atoms with Gasteiger partial charge < -0.3 is 10.6 Å². The lowest BCUT2D eigenvalue weighted by Crippen LogP contribution is -2.54. The van der Waals surface area contributed by atoms with Crippen LogP contribution in [0.3, 0.4) is 0 Å². The van der Waals surface area contributed by atoms with E-state index in [-0.39, 0.29) is 5.69 Å². The van der Waals surface area contributed by atoms with E-state index < -0.39 is 27.9 Å². The predicted molar refractivity (Wildman–Crippen MR) is 71.9 cm³/mol. The van der Waals surface area contributed by atoms with Crippen molar-refractivity contribution in [3.63, 3.8) is 0 Å². The summed E-state index contributed by atoms with van der Waals surface area (Å²) in [5, 5.41) is 16.3. The summed E-state index contributed by atoms with van der Waals surface area (Å²) >= 11 is 0. The molecule has 0 bridgehead atoms. The number of rotatable bonds is 3. The summed E-state index contributed by atoms with van der Waals surface area (Å²) < 4.78 is 13.7. The van der Waals surface area contributed by atoms with Gasteiger partial charge in [-0.05, 0) is 38.8 Å². The second-order valence-corrected chi connectivity index (χ2v) is 5.06. The van der Waals surface area contributed by atoms with E-state index in [9.17, 15) is 19.3 Å². The molecule has 7 heteroatoms. The highest BCUT2D eigenvalue weighted by molar-refractivity contribution is 5.99. The van der Waals surface area contributed by atoms with Crippen molar-refractivity contribution in [1.82, 2.24) is 5.32 Å². The Hall–Kier alpha value is -2.02. The number of carbonyl (C=O) groups is 1. The van der Waals surface area contributed by atoms with Crippen molar-refractivity contribution >= 4 is 17.3 Å². The number of nitro groups is 1.